The highest BCUT2D eigenvalue weighted by Gasteiger charge is 2.10. The highest BCUT2D eigenvalue weighted by molar-refractivity contribution is 5.76. The fourth-order valence-corrected chi connectivity index (χ4v) is 3.44. The van der Waals surface area contributed by atoms with E-state index in [4.69, 9.17) is 9.72 Å². The first-order valence-electron chi connectivity index (χ1n) is 10.5. The number of ether oxygens (including phenoxy) is 1. The zero-order chi connectivity index (χ0) is 20.6. The van der Waals surface area contributed by atoms with Crippen LogP contribution in [-0.4, -0.2) is 28.6 Å². The molecule has 3 aromatic rings. The van der Waals surface area contributed by atoms with Gasteiger partial charge in [-0.1, -0.05) is 31.2 Å². The average molecular weight is 394 g/mol. The summed E-state index contributed by atoms with van der Waals surface area (Å²) in [6.45, 7) is 8.30. The fourth-order valence-electron chi connectivity index (χ4n) is 3.44. The van der Waals surface area contributed by atoms with Gasteiger partial charge < -0.3 is 14.6 Å². The average Bonchev–Trinajstić information content (AvgIpc) is 3.08. The van der Waals surface area contributed by atoms with Gasteiger partial charge in [-0.2, -0.15) is 0 Å². The third-order valence-corrected chi connectivity index (χ3v) is 5.31. The van der Waals surface area contributed by atoms with Crippen molar-refractivity contribution in [1.29, 1.82) is 0 Å². The highest BCUT2D eigenvalue weighted by Crippen LogP contribution is 2.21. The second-order valence-corrected chi connectivity index (χ2v) is 7.38. The lowest BCUT2D eigenvalue weighted by Gasteiger charge is -2.12. The van der Waals surface area contributed by atoms with Crippen LogP contribution in [0.25, 0.3) is 11.0 Å². The van der Waals surface area contributed by atoms with Gasteiger partial charge in [0.05, 0.1) is 17.6 Å². The summed E-state index contributed by atoms with van der Waals surface area (Å²) in [5.41, 5.74) is 4.63. The number of carbonyl (C=O) groups is 1. The van der Waals surface area contributed by atoms with Gasteiger partial charge in [-0.05, 0) is 56.0 Å². The van der Waals surface area contributed by atoms with Crippen molar-refractivity contribution in [2.75, 3.05) is 13.2 Å². The van der Waals surface area contributed by atoms with Gasteiger partial charge >= 0.3 is 0 Å². The van der Waals surface area contributed by atoms with Crippen molar-refractivity contribution < 1.29 is 9.53 Å². The minimum atomic E-state index is 0.0799. The molecule has 0 atom stereocenters. The molecular weight excluding hydrogens is 362 g/mol. The number of aryl methyl sites for hydroxylation is 2. The molecule has 0 spiro atoms. The summed E-state index contributed by atoms with van der Waals surface area (Å²) >= 11 is 0. The number of hydrogen-bond acceptors (Lipinski definition) is 3. The van der Waals surface area contributed by atoms with Crippen LogP contribution in [0.15, 0.2) is 42.5 Å². The van der Waals surface area contributed by atoms with Crippen molar-refractivity contribution >= 4 is 16.9 Å². The maximum absolute atomic E-state index is 11.5. The van der Waals surface area contributed by atoms with E-state index in [1.165, 1.54) is 11.1 Å². The number of rotatable bonds is 10. The number of carbonyl (C=O) groups excluding carboxylic acids is 1. The molecule has 0 aliphatic heterocycles. The van der Waals surface area contributed by atoms with Crippen LogP contribution in [0.5, 0.6) is 5.75 Å². The summed E-state index contributed by atoms with van der Waals surface area (Å²) in [5.74, 6) is 2.08. The summed E-state index contributed by atoms with van der Waals surface area (Å²) < 4.78 is 8.27. The number of nitrogens with zero attached hydrogens (tertiary/aromatic N) is 2. The van der Waals surface area contributed by atoms with Crippen molar-refractivity contribution in [2.24, 2.45) is 0 Å². The Labute approximate surface area is 173 Å². The van der Waals surface area contributed by atoms with Gasteiger partial charge in [0.25, 0.3) is 0 Å². The van der Waals surface area contributed by atoms with E-state index in [0.29, 0.717) is 19.6 Å². The van der Waals surface area contributed by atoms with Gasteiger partial charge in [0.15, 0.2) is 0 Å². The molecule has 3 rings (SSSR count). The third-order valence-electron chi connectivity index (χ3n) is 5.31. The van der Waals surface area contributed by atoms with Gasteiger partial charge in [-0.25, -0.2) is 4.98 Å². The lowest BCUT2D eigenvalue weighted by Crippen LogP contribution is -2.25. The second kappa shape index (κ2) is 10.1. The van der Waals surface area contributed by atoms with Gasteiger partial charge in [-0.15, -0.1) is 0 Å². The van der Waals surface area contributed by atoms with Crippen LogP contribution >= 0.6 is 0 Å². The molecule has 5 nitrogen and oxygen atoms in total. The monoisotopic (exact) mass is 393 g/mol. The van der Waals surface area contributed by atoms with E-state index in [1.807, 2.05) is 37.3 Å². The molecule has 154 valence electrons. The van der Waals surface area contributed by atoms with E-state index in [2.05, 4.69) is 35.9 Å². The smallest absolute Gasteiger partial charge is 0.219 e. The minimum Gasteiger partial charge on any atom is -0.493 e. The molecule has 1 aromatic heterocycles. The molecule has 1 heterocycles. The Bertz CT molecular complexity index is 962. The predicted molar refractivity (Wildman–Crippen MR) is 117 cm³/mol. The van der Waals surface area contributed by atoms with Crippen molar-refractivity contribution in [3.05, 3.63) is 59.4 Å². The first-order chi connectivity index (χ1) is 14.1. The molecule has 0 unspecified atom stereocenters. The van der Waals surface area contributed by atoms with Gasteiger partial charge in [0, 0.05) is 25.9 Å². The quantitative estimate of drug-likeness (QED) is 0.513. The zero-order valence-corrected chi connectivity index (χ0v) is 17.7. The Morgan fingerprint density at radius 2 is 1.93 bits per heavy atom. The molecule has 0 radical (unpaired) electrons. The molecule has 1 amide bonds. The first-order valence-corrected chi connectivity index (χ1v) is 10.5. The first kappa shape index (κ1) is 20.9. The predicted octanol–water partition coefficient (Wildman–Crippen LogP) is 4.58. The molecule has 0 aliphatic rings. The number of hydrogen-bond donors (Lipinski definition) is 1. The molecule has 1 N–H and O–H groups in total. The largest absolute Gasteiger partial charge is 0.493 e. The lowest BCUT2D eigenvalue weighted by atomic mass is 10.1. The number of para-hydroxylation sites is 2. The van der Waals surface area contributed by atoms with Crippen LogP contribution < -0.4 is 10.1 Å². The number of imidazole rings is 1. The molecule has 2 aromatic carbocycles. The van der Waals surface area contributed by atoms with Crippen LogP contribution in [-0.2, 0) is 17.8 Å². The molecule has 0 fully saturated rings. The second-order valence-electron chi connectivity index (χ2n) is 7.38. The van der Waals surface area contributed by atoms with Crippen LogP contribution in [0.4, 0.5) is 0 Å². The zero-order valence-electron chi connectivity index (χ0n) is 17.7. The number of amides is 1. The Kier molecular flexibility index (Phi) is 7.28. The van der Waals surface area contributed by atoms with E-state index in [-0.39, 0.29) is 5.91 Å². The van der Waals surface area contributed by atoms with E-state index in [0.717, 1.165) is 48.4 Å². The van der Waals surface area contributed by atoms with Crippen LogP contribution in [0, 0.1) is 13.8 Å². The fraction of sp³-hybridized carbons (Fsp3) is 0.417. The summed E-state index contributed by atoms with van der Waals surface area (Å²) in [6, 6.07) is 14.4. The third kappa shape index (κ3) is 5.37. The molecule has 5 heteroatoms. The van der Waals surface area contributed by atoms with Crippen LogP contribution in [0.1, 0.15) is 43.1 Å². The molecule has 0 saturated carbocycles. The minimum absolute atomic E-state index is 0.0799. The molecule has 29 heavy (non-hydrogen) atoms. The van der Waals surface area contributed by atoms with E-state index in [9.17, 15) is 4.79 Å². The number of nitrogens with one attached hydrogen (secondary N) is 1. The van der Waals surface area contributed by atoms with E-state index in [1.54, 1.807) is 0 Å². The maximum Gasteiger partial charge on any atom is 0.219 e. The Balaban J connectivity index is 1.57. The lowest BCUT2D eigenvalue weighted by molar-refractivity contribution is -0.120. The molecule has 0 saturated heterocycles. The van der Waals surface area contributed by atoms with Crippen LogP contribution in [0.3, 0.4) is 0 Å². The van der Waals surface area contributed by atoms with Gasteiger partial charge in [0.1, 0.15) is 11.6 Å². The number of aromatic nitrogens is 2. The Morgan fingerprint density at radius 1 is 1.10 bits per heavy atom. The standard InChI is InChI=1S/C24H31N3O2/c1-4-24(28)25-15-14-23-26-20-11-5-6-12-21(20)27(23)16-7-8-17-29-22-13-9-10-18(2)19(22)3/h5-6,9-13H,4,7-8,14-17H2,1-3H3,(H,25,28). The van der Waals surface area contributed by atoms with Crippen molar-refractivity contribution in [3.63, 3.8) is 0 Å². The Hall–Kier alpha value is -2.82. The topological polar surface area (TPSA) is 56.2 Å². The van der Waals surface area contributed by atoms with Gasteiger partial charge in [0.2, 0.25) is 5.91 Å². The number of unbranched alkanes of at least 4 members (excludes halogenated alkanes) is 1. The van der Waals surface area contributed by atoms with E-state index < -0.39 is 0 Å². The van der Waals surface area contributed by atoms with Crippen LogP contribution in [0.2, 0.25) is 0 Å². The van der Waals surface area contributed by atoms with Gasteiger partial charge in [-0.3, -0.25) is 4.79 Å². The molecular formula is C24H31N3O2. The normalized spacial score (nSPS) is 11.0. The number of benzene rings is 2. The van der Waals surface area contributed by atoms with Crippen molar-refractivity contribution in [3.8, 4) is 5.75 Å². The summed E-state index contributed by atoms with van der Waals surface area (Å²) in [5, 5.41) is 2.94. The Morgan fingerprint density at radius 3 is 2.76 bits per heavy atom. The van der Waals surface area contributed by atoms with Crippen molar-refractivity contribution in [1.82, 2.24) is 14.9 Å². The van der Waals surface area contributed by atoms with E-state index >= 15 is 0 Å². The SMILES string of the molecule is CCC(=O)NCCc1nc2ccccc2n1CCCCOc1cccc(C)c1C. The van der Waals surface area contributed by atoms with Crippen molar-refractivity contribution in [2.45, 2.75) is 53.0 Å². The summed E-state index contributed by atoms with van der Waals surface area (Å²) in [6.07, 6.45) is 3.24. The molecule has 0 bridgehead atoms. The molecule has 0 aliphatic carbocycles. The highest BCUT2D eigenvalue weighted by atomic mass is 16.5. The number of fused-ring (bicyclic) bond motifs is 1. The summed E-state index contributed by atoms with van der Waals surface area (Å²) in [4.78, 5) is 16.3. The summed E-state index contributed by atoms with van der Waals surface area (Å²) in [7, 11) is 0. The maximum atomic E-state index is 11.5.